The number of nitrogens with two attached hydrogens (primary N) is 1. The molecule has 2 unspecified atom stereocenters. The highest BCUT2D eigenvalue weighted by molar-refractivity contribution is 5.79. The molecule has 0 bridgehead atoms. The van der Waals surface area contributed by atoms with E-state index < -0.39 is 17.4 Å². The predicted molar refractivity (Wildman–Crippen MR) is 64.4 cm³/mol. The molecule has 1 saturated carbocycles. The molecule has 0 saturated heterocycles. The van der Waals surface area contributed by atoms with Gasteiger partial charge in [0.05, 0.1) is 5.92 Å². The van der Waals surface area contributed by atoms with E-state index in [4.69, 9.17) is 10.8 Å². The van der Waals surface area contributed by atoms with Crippen LogP contribution in [0.3, 0.4) is 0 Å². The summed E-state index contributed by atoms with van der Waals surface area (Å²) in [6.45, 7) is 3.56. The molecule has 98 valence electrons. The number of carboxylic acids is 1. The van der Waals surface area contributed by atoms with Gasteiger partial charge in [-0.15, -0.1) is 0 Å². The zero-order valence-electron chi connectivity index (χ0n) is 10.5. The van der Waals surface area contributed by atoms with Gasteiger partial charge in [-0.1, -0.05) is 12.8 Å². The second-order valence-corrected chi connectivity index (χ2v) is 5.57. The SMILES string of the molecule is CC(C)(N)CC(=O)NC1CCCCC1C(=O)O. The molecular weight excluding hydrogens is 220 g/mol. The van der Waals surface area contributed by atoms with Crippen LogP contribution in [0.4, 0.5) is 0 Å². The number of hydrogen-bond acceptors (Lipinski definition) is 3. The maximum absolute atomic E-state index is 11.7. The number of carbonyl (C=O) groups excluding carboxylic acids is 1. The van der Waals surface area contributed by atoms with Gasteiger partial charge in [0.2, 0.25) is 5.91 Å². The van der Waals surface area contributed by atoms with Gasteiger partial charge in [-0.2, -0.15) is 0 Å². The first kappa shape index (κ1) is 14.0. The fraction of sp³-hybridized carbons (Fsp3) is 0.833. The fourth-order valence-electron chi connectivity index (χ4n) is 2.27. The molecule has 1 amide bonds. The van der Waals surface area contributed by atoms with Gasteiger partial charge >= 0.3 is 5.97 Å². The number of hydrogen-bond donors (Lipinski definition) is 3. The molecule has 5 heteroatoms. The van der Waals surface area contributed by atoms with E-state index >= 15 is 0 Å². The Hall–Kier alpha value is -1.10. The van der Waals surface area contributed by atoms with Crippen molar-refractivity contribution in [3.63, 3.8) is 0 Å². The Labute approximate surface area is 102 Å². The first-order valence-electron chi connectivity index (χ1n) is 6.10. The van der Waals surface area contributed by atoms with Gasteiger partial charge in [-0.3, -0.25) is 9.59 Å². The topological polar surface area (TPSA) is 92.4 Å². The average Bonchev–Trinajstić information content (AvgIpc) is 2.14. The molecule has 5 nitrogen and oxygen atoms in total. The van der Waals surface area contributed by atoms with E-state index in [0.29, 0.717) is 6.42 Å². The van der Waals surface area contributed by atoms with E-state index in [1.165, 1.54) is 0 Å². The molecule has 1 rings (SSSR count). The lowest BCUT2D eigenvalue weighted by Crippen LogP contribution is -2.48. The van der Waals surface area contributed by atoms with Gasteiger partial charge in [-0.05, 0) is 26.7 Å². The normalized spacial score (nSPS) is 25.4. The van der Waals surface area contributed by atoms with Gasteiger partial charge in [-0.25, -0.2) is 0 Å². The summed E-state index contributed by atoms with van der Waals surface area (Å²) in [6, 6.07) is -0.240. The summed E-state index contributed by atoms with van der Waals surface area (Å²) in [5, 5.41) is 11.9. The Morgan fingerprint density at radius 3 is 2.47 bits per heavy atom. The lowest BCUT2D eigenvalue weighted by molar-refractivity contribution is -0.144. The standard InChI is InChI=1S/C12H22N2O3/c1-12(2,13)7-10(15)14-9-6-4-3-5-8(9)11(16)17/h8-9H,3-7,13H2,1-2H3,(H,14,15)(H,16,17). The van der Waals surface area contributed by atoms with E-state index in [-0.39, 0.29) is 18.4 Å². The molecule has 0 spiro atoms. The van der Waals surface area contributed by atoms with Gasteiger partial charge in [0.1, 0.15) is 0 Å². The summed E-state index contributed by atoms with van der Waals surface area (Å²) in [7, 11) is 0. The van der Waals surface area contributed by atoms with Crippen LogP contribution in [0.25, 0.3) is 0 Å². The second kappa shape index (κ2) is 5.49. The van der Waals surface area contributed by atoms with Crippen molar-refractivity contribution in [2.75, 3.05) is 0 Å². The molecule has 0 heterocycles. The van der Waals surface area contributed by atoms with Crippen LogP contribution < -0.4 is 11.1 Å². The maximum atomic E-state index is 11.7. The summed E-state index contributed by atoms with van der Waals surface area (Å²) in [6.07, 6.45) is 3.50. The van der Waals surface area contributed by atoms with Gasteiger partial charge in [0, 0.05) is 18.0 Å². The van der Waals surface area contributed by atoms with Crippen LogP contribution in [0, 0.1) is 5.92 Å². The molecular formula is C12H22N2O3. The minimum absolute atomic E-state index is 0.157. The first-order valence-corrected chi connectivity index (χ1v) is 6.10. The number of nitrogens with one attached hydrogen (secondary N) is 1. The summed E-state index contributed by atoms with van der Waals surface area (Å²) in [4.78, 5) is 22.8. The Morgan fingerprint density at radius 1 is 1.35 bits per heavy atom. The van der Waals surface area contributed by atoms with Crippen molar-refractivity contribution >= 4 is 11.9 Å². The van der Waals surface area contributed by atoms with Crippen LogP contribution in [0.5, 0.6) is 0 Å². The maximum Gasteiger partial charge on any atom is 0.308 e. The highest BCUT2D eigenvalue weighted by Crippen LogP contribution is 2.24. The summed E-state index contributed by atoms with van der Waals surface area (Å²) in [5.41, 5.74) is 5.20. The molecule has 2 atom stereocenters. The quantitative estimate of drug-likeness (QED) is 0.682. The van der Waals surface area contributed by atoms with Crippen LogP contribution in [-0.4, -0.2) is 28.6 Å². The van der Waals surface area contributed by atoms with Crippen LogP contribution in [0.1, 0.15) is 46.0 Å². The Kier molecular flexibility index (Phi) is 4.51. The van der Waals surface area contributed by atoms with Crippen LogP contribution in [0.15, 0.2) is 0 Å². The number of rotatable bonds is 4. The summed E-state index contributed by atoms with van der Waals surface area (Å²) < 4.78 is 0. The minimum Gasteiger partial charge on any atom is -0.481 e. The van der Waals surface area contributed by atoms with E-state index in [1.54, 1.807) is 13.8 Å². The summed E-state index contributed by atoms with van der Waals surface area (Å²) in [5.74, 6) is -1.42. The molecule has 1 fully saturated rings. The Bertz CT molecular complexity index is 297. The summed E-state index contributed by atoms with van der Waals surface area (Å²) >= 11 is 0. The molecule has 0 aromatic rings. The minimum atomic E-state index is -0.818. The van der Waals surface area contributed by atoms with Gasteiger partial charge in [0.25, 0.3) is 0 Å². The zero-order valence-corrected chi connectivity index (χ0v) is 10.5. The highest BCUT2D eigenvalue weighted by Gasteiger charge is 2.32. The molecule has 0 radical (unpaired) electrons. The van der Waals surface area contributed by atoms with Crippen molar-refractivity contribution in [1.29, 1.82) is 0 Å². The number of amides is 1. The average molecular weight is 242 g/mol. The number of aliphatic carboxylic acids is 1. The Morgan fingerprint density at radius 2 is 1.94 bits per heavy atom. The molecule has 4 N–H and O–H groups in total. The molecule has 17 heavy (non-hydrogen) atoms. The monoisotopic (exact) mass is 242 g/mol. The van der Waals surface area contributed by atoms with Crippen molar-refractivity contribution in [2.24, 2.45) is 11.7 Å². The first-order chi connectivity index (χ1) is 7.79. The lowest BCUT2D eigenvalue weighted by atomic mass is 9.84. The fourth-order valence-corrected chi connectivity index (χ4v) is 2.27. The molecule has 0 aromatic carbocycles. The Balaban J connectivity index is 2.53. The highest BCUT2D eigenvalue weighted by atomic mass is 16.4. The lowest BCUT2D eigenvalue weighted by Gasteiger charge is -2.30. The molecule has 1 aliphatic carbocycles. The zero-order chi connectivity index (χ0) is 13.1. The molecule has 0 aromatic heterocycles. The third-order valence-electron chi connectivity index (χ3n) is 3.05. The smallest absolute Gasteiger partial charge is 0.308 e. The van der Waals surface area contributed by atoms with Crippen molar-refractivity contribution < 1.29 is 14.7 Å². The molecule has 1 aliphatic rings. The van der Waals surface area contributed by atoms with Crippen molar-refractivity contribution in [1.82, 2.24) is 5.32 Å². The van der Waals surface area contributed by atoms with Crippen LogP contribution in [-0.2, 0) is 9.59 Å². The van der Waals surface area contributed by atoms with Gasteiger partial charge < -0.3 is 16.2 Å². The number of carboxylic acid groups (broad SMARTS) is 1. The third kappa shape index (κ3) is 4.73. The third-order valence-corrected chi connectivity index (χ3v) is 3.05. The van der Waals surface area contributed by atoms with E-state index in [0.717, 1.165) is 19.3 Å². The van der Waals surface area contributed by atoms with Crippen LogP contribution >= 0.6 is 0 Å². The molecule has 0 aliphatic heterocycles. The number of carbonyl (C=O) groups is 2. The van der Waals surface area contributed by atoms with Crippen molar-refractivity contribution in [2.45, 2.75) is 57.5 Å². The van der Waals surface area contributed by atoms with Gasteiger partial charge in [0.15, 0.2) is 0 Å². The van der Waals surface area contributed by atoms with E-state index in [1.807, 2.05) is 0 Å². The second-order valence-electron chi connectivity index (χ2n) is 5.57. The predicted octanol–water partition coefficient (Wildman–Crippen LogP) is 0.873. The van der Waals surface area contributed by atoms with E-state index in [2.05, 4.69) is 5.32 Å². The van der Waals surface area contributed by atoms with Crippen molar-refractivity contribution in [3.8, 4) is 0 Å². The van der Waals surface area contributed by atoms with Crippen molar-refractivity contribution in [3.05, 3.63) is 0 Å². The largest absolute Gasteiger partial charge is 0.481 e. The van der Waals surface area contributed by atoms with E-state index in [9.17, 15) is 9.59 Å². The van der Waals surface area contributed by atoms with Crippen LogP contribution in [0.2, 0.25) is 0 Å².